The van der Waals surface area contributed by atoms with Crippen molar-refractivity contribution in [2.24, 2.45) is 0 Å². The van der Waals surface area contributed by atoms with Gasteiger partial charge >= 0.3 is 0 Å². The molecule has 26 heavy (non-hydrogen) atoms. The minimum absolute atomic E-state index is 0.0539. The number of hydrogen-bond donors (Lipinski definition) is 1. The van der Waals surface area contributed by atoms with Crippen molar-refractivity contribution in [1.82, 2.24) is 4.98 Å². The fourth-order valence-corrected chi connectivity index (χ4v) is 2.29. The van der Waals surface area contributed by atoms with Gasteiger partial charge in [-0.1, -0.05) is 18.2 Å². The molecule has 1 heterocycles. The van der Waals surface area contributed by atoms with E-state index >= 15 is 0 Å². The van der Waals surface area contributed by atoms with Gasteiger partial charge in [-0.25, -0.2) is 4.39 Å². The molecule has 0 spiro atoms. The summed E-state index contributed by atoms with van der Waals surface area (Å²) >= 11 is 0. The zero-order chi connectivity index (χ0) is 18.5. The largest absolute Gasteiger partial charge is 0.322 e. The lowest BCUT2D eigenvalue weighted by molar-refractivity contribution is 0.0814. The fourth-order valence-electron chi connectivity index (χ4n) is 2.29. The summed E-state index contributed by atoms with van der Waals surface area (Å²) in [6.07, 6.45) is 1.43. The minimum Gasteiger partial charge on any atom is -0.322 e. The monoisotopic (exact) mass is 348 g/mol. The molecule has 6 heteroatoms. The van der Waals surface area contributed by atoms with Crippen LogP contribution in [0.3, 0.4) is 0 Å². The van der Waals surface area contributed by atoms with Gasteiger partial charge in [-0.15, -0.1) is 0 Å². The zero-order valence-electron chi connectivity index (χ0n) is 13.5. The van der Waals surface area contributed by atoms with E-state index in [1.54, 1.807) is 24.3 Å². The molecule has 1 N–H and O–H groups in total. The number of Topliss-reactive ketones (excluding diaryl/α,β-unsaturated/α-hetero) is 2. The topological polar surface area (TPSA) is 76.1 Å². The second kappa shape index (κ2) is 7.48. The molecule has 0 unspecified atom stereocenters. The van der Waals surface area contributed by atoms with E-state index in [4.69, 9.17) is 0 Å². The summed E-state index contributed by atoms with van der Waals surface area (Å²) in [7, 11) is 0. The third kappa shape index (κ3) is 3.87. The minimum atomic E-state index is -0.729. The Morgan fingerprint density at radius 1 is 0.808 bits per heavy atom. The summed E-state index contributed by atoms with van der Waals surface area (Å²) in [4.78, 5) is 40.6. The van der Waals surface area contributed by atoms with Crippen molar-refractivity contribution in [2.45, 2.75) is 0 Å². The number of nitrogens with zero attached hydrogens (tertiary/aromatic N) is 1. The van der Waals surface area contributed by atoms with Crippen LogP contribution in [0.25, 0.3) is 0 Å². The van der Waals surface area contributed by atoms with Gasteiger partial charge in [0.15, 0.2) is 0 Å². The van der Waals surface area contributed by atoms with E-state index in [1.165, 1.54) is 48.7 Å². The van der Waals surface area contributed by atoms with E-state index in [2.05, 4.69) is 10.3 Å². The van der Waals surface area contributed by atoms with Gasteiger partial charge in [0.2, 0.25) is 5.78 Å². The molecule has 0 atom stereocenters. The molecule has 5 nitrogen and oxygen atoms in total. The highest BCUT2D eigenvalue weighted by Gasteiger charge is 2.19. The first-order valence-corrected chi connectivity index (χ1v) is 7.71. The van der Waals surface area contributed by atoms with Crippen LogP contribution < -0.4 is 5.32 Å². The first-order chi connectivity index (χ1) is 12.5. The number of ketones is 2. The summed E-state index contributed by atoms with van der Waals surface area (Å²) in [6.45, 7) is 0. The van der Waals surface area contributed by atoms with Crippen molar-refractivity contribution >= 4 is 23.2 Å². The van der Waals surface area contributed by atoms with Crippen LogP contribution in [0.15, 0.2) is 72.9 Å². The normalized spacial score (nSPS) is 10.2. The number of nitrogens with one attached hydrogen (secondary N) is 1. The van der Waals surface area contributed by atoms with E-state index in [0.29, 0.717) is 5.69 Å². The Kier molecular flexibility index (Phi) is 4.94. The number of carbonyl (C=O) groups is 3. The average molecular weight is 348 g/mol. The van der Waals surface area contributed by atoms with E-state index in [0.717, 1.165) is 0 Å². The molecule has 2 aromatic carbocycles. The molecule has 0 aliphatic rings. The van der Waals surface area contributed by atoms with Crippen LogP contribution in [0.2, 0.25) is 0 Å². The van der Waals surface area contributed by atoms with Gasteiger partial charge < -0.3 is 5.32 Å². The maximum absolute atomic E-state index is 12.9. The summed E-state index contributed by atoms with van der Waals surface area (Å²) in [5, 5.41) is 2.61. The standard InChI is InChI=1S/C20H13FN2O3/c21-15-9-7-13(8-10-15)20(26)23-16-5-3-4-14(12-16)18(24)19(25)17-6-1-2-11-22-17/h1-12H,(H,23,26). The van der Waals surface area contributed by atoms with Crippen molar-refractivity contribution < 1.29 is 18.8 Å². The predicted octanol–water partition coefficient (Wildman–Crippen LogP) is 3.54. The predicted molar refractivity (Wildman–Crippen MR) is 93.7 cm³/mol. The van der Waals surface area contributed by atoms with Gasteiger partial charge in [0.1, 0.15) is 11.5 Å². The SMILES string of the molecule is O=C(Nc1cccc(C(=O)C(=O)c2ccccn2)c1)c1ccc(F)cc1. The van der Waals surface area contributed by atoms with Crippen LogP contribution in [0.5, 0.6) is 0 Å². The molecular formula is C20H13FN2O3. The van der Waals surface area contributed by atoms with Crippen molar-refractivity contribution in [3.8, 4) is 0 Å². The molecule has 3 aromatic rings. The highest BCUT2D eigenvalue weighted by atomic mass is 19.1. The third-order valence-corrected chi connectivity index (χ3v) is 3.59. The van der Waals surface area contributed by atoms with Crippen LogP contribution >= 0.6 is 0 Å². The Labute approximate surface area is 148 Å². The van der Waals surface area contributed by atoms with Gasteiger partial charge in [0.25, 0.3) is 11.7 Å². The molecule has 1 aromatic heterocycles. The molecule has 0 bridgehead atoms. The Morgan fingerprint density at radius 3 is 2.27 bits per heavy atom. The van der Waals surface area contributed by atoms with Crippen LogP contribution in [0, 0.1) is 5.82 Å². The summed E-state index contributed by atoms with van der Waals surface area (Å²) in [5.41, 5.74) is 0.808. The maximum atomic E-state index is 12.9. The van der Waals surface area contributed by atoms with Gasteiger partial charge in [0, 0.05) is 23.0 Å². The van der Waals surface area contributed by atoms with Crippen LogP contribution in [0.4, 0.5) is 10.1 Å². The number of halogens is 1. The second-order valence-corrected chi connectivity index (χ2v) is 5.42. The molecule has 0 radical (unpaired) electrons. The lowest BCUT2D eigenvalue weighted by atomic mass is 10.0. The van der Waals surface area contributed by atoms with E-state index < -0.39 is 23.3 Å². The van der Waals surface area contributed by atoms with Crippen molar-refractivity contribution in [3.63, 3.8) is 0 Å². The number of amides is 1. The Hall–Kier alpha value is -3.67. The molecule has 0 saturated heterocycles. The first kappa shape index (κ1) is 17.2. The number of carbonyl (C=O) groups excluding carboxylic acids is 3. The lowest BCUT2D eigenvalue weighted by Gasteiger charge is -2.07. The zero-order valence-corrected chi connectivity index (χ0v) is 13.5. The summed E-state index contributed by atoms with van der Waals surface area (Å²) in [5.74, 6) is -2.35. The summed E-state index contributed by atoms with van der Waals surface area (Å²) < 4.78 is 12.9. The Morgan fingerprint density at radius 2 is 1.58 bits per heavy atom. The quantitative estimate of drug-likeness (QED) is 0.565. The van der Waals surface area contributed by atoms with Crippen LogP contribution in [-0.4, -0.2) is 22.5 Å². The molecule has 128 valence electrons. The third-order valence-electron chi connectivity index (χ3n) is 3.59. The van der Waals surface area contributed by atoms with E-state index in [-0.39, 0.29) is 16.8 Å². The Bertz CT molecular complexity index is 970. The maximum Gasteiger partial charge on any atom is 0.255 e. The van der Waals surface area contributed by atoms with E-state index in [9.17, 15) is 18.8 Å². The van der Waals surface area contributed by atoms with Gasteiger partial charge in [-0.2, -0.15) is 0 Å². The van der Waals surface area contributed by atoms with Gasteiger partial charge in [-0.05, 0) is 48.5 Å². The highest BCUT2D eigenvalue weighted by Crippen LogP contribution is 2.15. The number of rotatable bonds is 5. The first-order valence-electron chi connectivity index (χ1n) is 7.71. The van der Waals surface area contributed by atoms with Crippen molar-refractivity contribution in [1.29, 1.82) is 0 Å². The van der Waals surface area contributed by atoms with E-state index in [1.807, 2.05) is 0 Å². The molecule has 0 fully saturated rings. The second-order valence-electron chi connectivity index (χ2n) is 5.42. The van der Waals surface area contributed by atoms with Crippen molar-refractivity contribution in [3.05, 3.63) is 95.6 Å². The number of aromatic nitrogens is 1. The number of pyridine rings is 1. The average Bonchev–Trinajstić information content (AvgIpc) is 2.68. The summed E-state index contributed by atoms with van der Waals surface area (Å²) in [6, 6.07) is 15.8. The lowest BCUT2D eigenvalue weighted by Crippen LogP contribution is -2.17. The highest BCUT2D eigenvalue weighted by molar-refractivity contribution is 6.48. The van der Waals surface area contributed by atoms with Crippen molar-refractivity contribution in [2.75, 3.05) is 5.32 Å². The fraction of sp³-hybridized carbons (Fsp3) is 0. The van der Waals surface area contributed by atoms with Crippen LogP contribution in [0.1, 0.15) is 31.2 Å². The molecule has 0 aliphatic carbocycles. The van der Waals surface area contributed by atoms with Gasteiger partial charge in [0.05, 0.1) is 0 Å². The molecule has 1 amide bonds. The molecular weight excluding hydrogens is 335 g/mol. The molecule has 0 aliphatic heterocycles. The number of benzene rings is 2. The number of hydrogen-bond acceptors (Lipinski definition) is 4. The van der Waals surface area contributed by atoms with Crippen LogP contribution in [-0.2, 0) is 0 Å². The smallest absolute Gasteiger partial charge is 0.255 e. The van der Waals surface area contributed by atoms with Gasteiger partial charge in [-0.3, -0.25) is 19.4 Å². The molecule has 0 saturated carbocycles. The Balaban J connectivity index is 1.77. The molecule has 3 rings (SSSR count). The number of anilines is 1.